The van der Waals surface area contributed by atoms with E-state index in [4.69, 9.17) is 10.5 Å². The van der Waals surface area contributed by atoms with Gasteiger partial charge in [-0.25, -0.2) is 0 Å². The van der Waals surface area contributed by atoms with E-state index in [1.807, 2.05) is 20.8 Å². The third kappa shape index (κ3) is 8.12. The van der Waals surface area contributed by atoms with Crippen molar-refractivity contribution in [1.82, 2.24) is 10.2 Å². The van der Waals surface area contributed by atoms with Gasteiger partial charge >= 0.3 is 0 Å². The minimum absolute atomic E-state index is 0.248. The Kier molecular flexibility index (Phi) is 9.03. The molecule has 0 aliphatic heterocycles. The summed E-state index contributed by atoms with van der Waals surface area (Å²) in [4.78, 5) is 13.5. The fourth-order valence-corrected chi connectivity index (χ4v) is 1.60. The predicted molar refractivity (Wildman–Crippen MR) is 69.9 cm³/mol. The van der Waals surface area contributed by atoms with Gasteiger partial charge in [-0.1, -0.05) is 20.8 Å². The Morgan fingerprint density at radius 1 is 1.41 bits per heavy atom. The van der Waals surface area contributed by atoms with E-state index in [1.54, 1.807) is 0 Å². The number of hydrogen-bond donors (Lipinski definition) is 2. The second-order valence-electron chi connectivity index (χ2n) is 4.37. The van der Waals surface area contributed by atoms with Crippen molar-refractivity contribution >= 4 is 5.91 Å². The molecule has 0 heterocycles. The number of primary amides is 1. The number of hydrogen-bond acceptors (Lipinski definition) is 4. The van der Waals surface area contributed by atoms with Crippen LogP contribution >= 0.6 is 0 Å². The first kappa shape index (κ1) is 16.4. The highest BCUT2D eigenvalue weighted by molar-refractivity contribution is 5.80. The number of carbonyl (C=O) groups excluding carboxylic acids is 1. The molecule has 0 fully saturated rings. The Labute approximate surface area is 105 Å². The smallest absolute Gasteiger partial charge is 0.235 e. The maximum Gasteiger partial charge on any atom is 0.235 e. The number of likely N-dealkylation sites (N-methyl/N-ethyl adjacent to an activating group) is 1. The van der Waals surface area contributed by atoms with Crippen LogP contribution in [-0.2, 0) is 9.53 Å². The lowest BCUT2D eigenvalue weighted by atomic mass is 10.2. The third-order valence-electron chi connectivity index (χ3n) is 2.52. The van der Waals surface area contributed by atoms with E-state index in [9.17, 15) is 4.79 Å². The maximum atomic E-state index is 11.3. The molecule has 0 saturated carbocycles. The third-order valence-corrected chi connectivity index (χ3v) is 2.52. The van der Waals surface area contributed by atoms with Crippen LogP contribution in [0.4, 0.5) is 0 Å². The van der Waals surface area contributed by atoms with Gasteiger partial charge in [0.25, 0.3) is 0 Å². The summed E-state index contributed by atoms with van der Waals surface area (Å²) in [7, 11) is 0. The quantitative estimate of drug-likeness (QED) is 0.539. The SMILES string of the molecule is CCOCCN(CC)CC(NC(C)C)C(N)=O. The molecule has 5 heteroatoms. The first-order chi connectivity index (χ1) is 8.01. The van der Waals surface area contributed by atoms with Gasteiger partial charge in [0.15, 0.2) is 0 Å². The Bertz CT molecular complexity index is 210. The largest absolute Gasteiger partial charge is 0.380 e. The normalized spacial score (nSPS) is 13.3. The van der Waals surface area contributed by atoms with Crippen molar-refractivity contribution in [3.63, 3.8) is 0 Å². The van der Waals surface area contributed by atoms with E-state index < -0.39 is 0 Å². The van der Waals surface area contributed by atoms with Crippen LogP contribution in [0, 0.1) is 0 Å². The van der Waals surface area contributed by atoms with Gasteiger partial charge in [0.05, 0.1) is 12.6 Å². The number of amides is 1. The van der Waals surface area contributed by atoms with Gasteiger partial charge in [-0.15, -0.1) is 0 Å². The molecule has 5 nitrogen and oxygen atoms in total. The van der Waals surface area contributed by atoms with Crippen LogP contribution in [0.5, 0.6) is 0 Å². The van der Waals surface area contributed by atoms with Crippen molar-refractivity contribution < 1.29 is 9.53 Å². The lowest BCUT2D eigenvalue weighted by molar-refractivity contribution is -0.120. The minimum atomic E-state index is -0.298. The second-order valence-corrected chi connectivity index (χ2v) is 4.37. The first-order valence-electron chi connectivity index (χ1n) is 6.36. The molecule has 0 aromatic rings. The molecule has 0 aromatic heterocycles. The molecule has 3 N–H and O–H groups in total. The second kappa shape index (κ2) is 9.39. The molecule has 0 rings (SSSR count). The summed E-state index contributed by atoms with van der Waals surface area (Å²) >= 11 is 0. The number of nitrogens with one attached hydrogen (secondary N) is 1. The average molecular weight is 245 g/mol. The summed E-state index contributed by atoms with van der Waals surface area (Å²) in [6.07, 6.45) is 0. The van der Waals surface area contributed by atoms with Crippen molar-refractivity contribution in [3.8, 4) is 0 Å². The van der Waals surface area contributed by atoms with Gasteiger partial charge < -0.3 is 15.8 Å². The molecule has 0 spiro atoms. The molecule has 0 aliphatic carbocycles. The number of nitrogens with two attached hydrogens (primary N) is 1. The van der Waals surface area contributed by atoms with Crippen LogP contribution in [0.2, 0.25) is 0 Å². The number of rotatable bonds is 10. The van der Waals surface area contributed by atoms with Crippen molar-refractivity contribution in [2.75, 3.05) is 32.8 Å². The standard InChI is InChI=1S/C12H27N3O2/c1-5-15(7-8-17-6-2)9-11(12(13)16)14-10(3)4/h10-11,14H,5-9H2,1-4H3,(H2,13,16). The zero-order chi connectivity index (χ0) is 13.3. The molecular formula is C12H27N3O2. The fourth-order valence-electron chi connectivity index (χ4n) is 1.60. The summed E-state index contributed by atoms with van der Waals surface area (Å²) in [6.45, 7) is 11.8. The molecule has 0 radical (unpaired) electrons. The zero-order valence-corrected chi connectivity index (χ0v) is 11.5. The maximum absolute atomic E-state index is 11.3. The molecule has 1 unspecified atom stereocenters. The highest BCUT2D eigenvalue weighted by atomic mass is 16.5. The molecule has 1 atom stereocenters. The van der Waals surface area contributed by atoms with Crippen LogP contribution < -0.4 is 11.1 Å². The molecule has 0 aromatic carbocycles. The first-order valence-corrected chi connectivity index (χ1v) is 6.36. The van der Waals surface area contributed by atoms with Crippen LogP contribution in [0.1, 0.15) is 27.7 Å². The zero-order valence-electron chi connectivity index (χ0n) is 11.5. The van der Waals surface area contributed by atoms with Crippen molar-refractivity contribution in [1.29, 1.82) is 0 Å². The minimum Gasteiger partial charge on any atom is -0.380 e. The van der Waals surface area contributed by atoms with Crippen molar-refractivity contribution in [3.05, 3.63) is 0 Å². The summed E-state index contributed by atoms with van der Waals surface area (Å²) in [5.41, 5.74) is 5.38. The van der Waals surface area contributed by atoms with Crippen molar-refractivity contribution in [2.45, 2.75) is 39.8 Å². The van der Waals surface area contributed by atoms with E-state index in [0.717, 1.165) is 19.7 Å². The van der Waals surface area contributed by atoms with Gasteiger partial charge in [-0.3, -0.25) is 9.69 Å². The lowest BCUT2D eigenvalue weighted by Gasteiger charge is -2.26. The topological polar surface area (TPSA) is 67.6 Å². The molecule has 0 aliphatic rings. The summed E-state index contributed by atoms with van der Waals surface area (Å²) in [6, 6.07) is -0.0466. The van der Waals surface area contributed by atoms with Gasteiger partial charge in [0.2, 0.25) is 5.91 Å². The molecule has 102 valence electrons. The number of ether oxygens (including phenoxy) is 1. The number of carbonyl (C=O) groups is 1. The highest BCUT2D eigenvalue weighted by Gasteiger charge is 2.18. The van der Waals surface area contributed by atoms with Gasteiger partial charge in [0, 0.05) is 25.7 Å². The summed E-state index contributed by atoms with van der Waals surface area (Å²) in [5, 5.41) is 3.18. The molecular weight excluding hydrogens is 218 g/mol. The van der Waals surface area contributed by atoms with Crippen LogP contribution in [0.3, 0.4) is 0 Å². The molecule has 0 bridgehead atoms. The van der Waals surface area contributed by atoms with E-state index in [2.05, 4.69) is 17.1 Å². The van der Waals surface area contributed by atoms with Crippen LogP contribution in [0.15, 0.2) is 0 Å². The lowest BCUT2D eigenvalue weighted by Crippen LogP contribution is -2.51. The van der Waals surface area contributed by atoms with Crippen LogP contribution in [-0.4, -0.2) is 55.7 Å². The fraction of sp³-hybridized carbons (Fsp3) is 0.917. The van der Waals surface area contributed by atoms with Crippen molar-refractivity contribution in [2.24, 2.45) is 5.73 Å². The highest BCUT2D eigenvalue weighted by Crippen LogP contribution is 1.95. The monoisotopic (exact) mass is 245 g/mol. The molecule has 0 saturated heterocycles. The summed E-state index contributed by atoms with van der Waals surface area (Å²) < 4.78 is 5.31. The number of nitrogens with zero attached hydrogens (tertiary/aromatic N) is 1. The summed E-state index contributed by atoms with van der Waals surface area (Å²) in [5.74, 6) is -0.298. The van der Waals surface area contributed by atoms with E-state index >= 15 is 0 Å². The van der Waals surface area contributed by atoms with Gasteiger partial charge in [-0.05, 0) is 13.5 Å². The Morgan fingerprint density at radius 2 is 2.06 bits per heavy atom. The Balaban J connectivity index is 4.13. The Hall–Kier alpha value is -0.650. The molecule has 1 amide bonds. The Morgan fingerprint density at radius 3 is 2.47 bits per heavy atom. The molecule has 17 heavy (non-hydrogen) atoms. The van der Waals surface area contributed by atoms with E-state index in [-0.39, 0.29) is 18.0 Å². The van der Waals surface area contributed by atoms with Gasteiger partial charge in [0.1, 0.15) is 0 Å². The van der Waals surface area contributed by atoms with Gasteiger partial charge in [-0.2, -0.15) is 0 Å². The van der Waals surface area contributed by atoms with Crippen LogP contribution in [0.25, 0.3) is 0 Å². The predicted octanol–water partition coefficient (Wildman–Crippen LogP) is 0.197. The van der Waals surface area contributed by atoms with E-state index in [1.165, 1.54) is 0 Å². The van der Waals surface area contributed by atoms with E-state index in [0.29, 0.717) is 13.2 Å². The average Bonchev–Trinajstić information content (AvgIpc) is 2.25.